The van der Waals surface area contributed by atoms with Gasteiger partial charge in [-0.05, 0) is 45.6 Å². The van der Waals surface area contributed by atoms with Crippen LogP contribution in [0.25, 0.3) is 10.9 Å². The van der Waals surface area contributed by atoms with Crippen LogP contribution in [0.5, 0.6) is 0 Å². The maximum Gasteiger partial charge on any atom is 0.223 e. The van der Waals surface area contributed by atoms with Crippen LogP contribution in [-0.2, 0) is 0 Å². The number of rotatable bonds is 5. The number of hydrogen-bond donors (Lipinski definition) is 3. The van der Waals surface area contributed by atoms with Gasteiger partial charge in [-0.1, -0.05) is 0 Å². The van der Waals surface area contributed by atoms with E-state index in [9.17, 15) is 9.90 Å². The fourth-order valence-corrected chi connectivity index (χ4v) is 3.07. The number of hydrogen-bond acceptors (Lipinski definition) is 7. The number of pyridine rings is 1. The minimum absolute atomic E-state index is 0.0864. The largest absolute Gasteiger partial charge is 0.393 e. The van der Waals surface area contributed by atoms with Gasteiger partial charge in [-0.2, -0.15) is 0 Å². The van der Waals surface area contributed by atoms with Crippen molar-refractivity contribution in [2.75, 3.05) is 10.6 Å². The third-order valence-corrected chi connectivity index (χ3v) is 4.38. The summed E-state index contributed by atoms with van der Waals surface area (Å²) in [6, 6.07) is 2.17. The molecular formula is C18H25N5O2. The van der Waals surface area contributed by atoms with Gasteiger partial charge in [0.1, 0.15) is 11.2 Å². The second-order valence-corrected chi connectivity index (χ2v) is 6.99. The Morgan fingerprint density at radius 2 is 1.96 bits per heavy atom. The summed E-state index contributed by atoms with van der Waals surface area (Å²) >= 11 is 0. The van der Waals surface area contributed by atoms with Crippen molar-refractivity contribution in [2.24, 2.45) is 0 Å². The fraction of sp³-hybridized carbons (Fsp3) is 0.556. The molecule has 0 saturated heterocycles. The second kappa shape index (κ2) is 7.31. The van der Waals surface area contributed by atoms with Crippen LogP contribution in [0.2, 0.25) is 0 Å². The molecule has 0 unspecified atom stereocenters. The molecule has 2 heterocycles. The van der Waals surface area contributed by atoms with Crippen molar-refractivity contribution < 1.29 is 9.90 Å². The van der Waals surface area contributed by atoms with Crippen LogP contribution in [0.3, 0.4) is 0 Å². The molecule has 134 valence electrons. The lowest BCUT2D eigenvalue weighted by Gasteiger charge is -2.26. The number of carbonyl (C=O) groups excluding carboxylic acids is 1. The topological polar surface area (TPSA) is 100 Å². The predicted molar refractivity (Wildman–Crippen MR) is 98.0 cm³/mol. The van der Waals surface area contributed by atoms with Crippen molar-refractivity contribution in [2.45, 2.75) is 64.6 Å². The minimum Gasteiger partial charge on any atom is -0.393 e. The van der Waals surface area contributed by atoms with Crippen LogP contribution in [-0.4, -0.2) is 44.0 Å². The van der Waals surface area contributed by atoms with Gasteiger partial charge in [-0.15, -0.1) is 0 Å². The second-order valence-electron chi connectivity index (χ2n) is 6.99. The first-order chi connectivity index (χ1) is 11.9. The van der Waals surface area contributed by atoms with Crippen LogP contribution in [0.1, 0.15) is 56.9 Å². The van der Waals surface area contributed by atoms with E-state index in [0.717, 1.165) is 31.1 Å². The first-order valence-electron chi connectivity index (χ1n) is 8.82. The Morgan fingerprint density at radius 1 is 1.24 bits per heavy atom. The minimum atomic E-state index is -0.188. The van der Waals surface area contributed by atoms with E-state index < -0.39 is 0 Å². The molecule has 2 aromatic heterocycles. The Bertz CT molecular complexity index is 769. The number of nitrogens with one attached hydrogen (secondary N) is 2. The van der Waals surface area contributed by atoms with Gasteiger partial charge in [0, 0.05) is 30.6 Å². The summed E-state index contributed by atoms with van der Waals surface area (Å²) in [4.78, 5) is 25.2. The van der Waals surface area contributed by atoms with E-state index in [1.165, 1.54) is 6.92 Å². The number of ketones is 1. The van der Waals surface area contributed by atoms with Gasteiger partial charge >= 0.3 is 0 Å². The number of aliphatic hydroxyl groups excluding tert-OH is 1. The molecule has 7 nitrogen and oxygen atoms in total. The number of nitrogens with zero attached hydrogens (tertiary/aromatic N) is 3. The Hall–Kier alpha value is -2.28. The standard InChI is InChI=1S/C18H25N5O2/c1-10(2)20-17-16-12(8-15(22-17)11(3)24)9-19-18(23-16)21-13-4-6-14(25)7-5-13/h8-10,13-14,25H,4-7H2,1-3H3,(H,20,22)(H,19,21,23)/t13-,14-. The Labute approximate surface area is 147 Å². The Kier molecular flexibility index (Phi) is 5.13. The molecule has 0 aromatic carbocycles. The molecule has 3 N–H and O–H groups in total. The van der Waals surface area contributed by atoms with Crippen molar-refractivity contribution in [1.82, 2.24) is 15.0 Å². The summed E-state index contributed by atoms with van der Waals surface area (Å²) in [5.74, 6) is 1.07. The third kappa shape index (κ3) is 4.22. The number of fused-ring (bicyclic) bond motifs is 1. The fourth-order valence-electron chi connectivity index (χ4n) is 3.07. The molecule has 0 amide bonds. The van der Waals surface area contributed by atoms with Gasteiger partial charge in [-0.3, -0.25) is 4.79 Å². The Morgan fingerprint density at radius 3 is 2.60 bits per heavy atom. The van der Waals surface area contributed by atoms with Gasteiger partial charge < -0.3 is 15.7 Å². The summed E-state index contributed by atoms with van der Waals surface area (Å²) < 4.78 is 0. The van der Waals surface area contributed by atoms with Gasteiger partial charge in [0.2, 0.25) is 5.95 Å². The van der Waals surface area contributed by atoms with Crippen LogP contribution in [0.15, 0.2) is 12.3 Å². The van der Waals surface area contributed by atoms with E-state index in [1.54, 1.807) is 12.3 Å². The maximum atomic E-state index is 11.7. The molecule has 0 radical (unpaired) electrons. The molecule has 1 saturated carbocycles. The van der Waals surface area contributed by atoms with Crippen molar-refractivity contribution in [3.05, 3.63) is 18.0 Å². The number of carbonyl (C=O) groups is 1. The zero-order valence-corrected chi connectivity index (χ0v) is 14.9. The summed E-state index contributed by atoms with van der Waals surface area (Å²) in [5.41, 5.74) is 1.10. The molecule has 7 heteroatoms. The van der Waals surface area contributed by atoms with Crippen LogP contribution >= 0.6 is 0 Å². The first-order valence-corrected chi connectivity index (χ1v) is 8.82. The zero-order chi connectivity index (χ0) is 18.0. The highest BCUT2D eigenvalue weighted by Gasteiger charge is 2.20. The van der Waals surface area contributed by atoms with Crippen molar-refractivity contribution >= 4 is 28.5 Å². The highest BCUT2D eigenvalue weighted by atomic mass is 16.3. The molecule has 0 aliphatic heterocycles. The van der Waals surface area contributed by atoms with E-state index in [0.29, 0.717) is 23.0 Å². The molecule has 3 rings (SSSR count). The summed E-state index contributed by atoms with van der Waals surface area (Å²) in [5, 5.41) is 17.0. The summed E-state index contributed by atoms with van der Waals surface area (Å²) in [6.45, 7) is 5.53. The van der Waals surface area contributed by atoms with Gasteiger partial charge in [0.05, 0.1) is 6.10 Å². The lowest BCUT2D eigenvalue weighted by atomic mass is 9.93. The highest BCUT2D eigenvalue weighted by molar-refractivity contribution is 5.98. The number of Topliss-reactive ketones (excluding diaryl/α,β-unsaturated/α-hetero) is 1. The molecule has 1 fully saturated rings. The average Bonchev–Trinajstić information content (AvgIpc) is 2.56. The van der Waals surface area contributed by atoms with E-state index in [2.05, 4.69) is 25.6 Å². The lowest BCUT2D eigenvalue weighted by Crippen LogP contribution is -2.28. The number of aliphatic hydroxyl groups is 1. The monoisotopic (exact) mass is 343 g/mol. The highest BCUT2D eigenvalue weighted by Crippen LogP contribution is 2.25. The van der Waals surface area contributed by atoms with Gasteiger partial charge in [0.25, 0.3) is 0 Å². The number of aromatic nitrogens is 3. The smallest absolute Gasteiger partial charge is 0.223 e. The quantitative estimate of drug-likeness (QED) is 0.718. The van der Waals surface area contributed by atoms with E-state index >= 15 is 0 Å². The normalized spacial score (nSPS) is 20.7. The molecule has 0 bridgehead atoms. The summed E-state index contributed by atoms with van der Waals surface area (Å²) in [7, 11) is 0. The predicted octanol–water partition coefficient (Wildman–Crippen LogP) is 2.76. The first kappa shape index (κ1) is 17.5. The van der Waals surface area contributed by atoms with Crippen molar-refractivity contribution in [1.29, 1.82) is 0 Å². The Balaban J connectivity index is 1.92. The third-order valence-electron chi connectivity index (χ3n) is 4.38. The van der Waals surface area contributed by atoms with Crippen LogP contribution < -0.4 is 10.6 Å². The van der Waals surface area contributed by atoms with E-state index in [4.69, 9.17) is 0 Å². The molecule has 2 aromatic rings. The van der Waals surface area contributed by atoms with Gasteiger partial charge in [0.15, 0.2) is 11.6 Å². The van der Waals surface area contributed by atoms with Crippen LogP contribution in [0.4, 0.5) is 11.8 Å². The maximum absolute atomic E-state index is 11.7. The average molecular weight is 343 g/mol. The molecule has 25 heavy (non-hydrogen) atoms. The SMILES string of the molecule is CC(=O)c1cc2cnc(N[C@H]3CC[C@H](O)CC3)nc2c(NC(C)C)n1. The molecule has 0 atom stereocenters. The van der Waals surface area contributed by atoms with E-state index in [-0.39, 0.29) is 24.0 Å². The lowest BCUT2D eigenvalue weighted by molar-refractivity contribution is 0.101. The molecular weight excluding hydrogens is 318 g/mol. The van der Waals surface area contributed by atoms with E-state index in [1.807, 2.05) is 13.8 Å². The van der Waals surface area contributed by atoms with Crippen LogP contribution in [0, 0.1) is 0 Å². The van der Waals surface area contributed by atoms with Crippen molar-refractivity contribution in [3.8, 4) is 0 Å². The summed E-state index contributed by atoms with van der Waals surface area (Å²) in [6.07, 6.45) is 4.94. The molecule has 1 aliphatic rings. The molecule has 1 aliphatic carbocycles. The molecule has 0 spiro atoms. The van der Waals surface area contributed by atoms with Crippen molar-refractivity contribution in [3.63, 3.8) is 0 Å². The number of anilines is 2. The van der Waals surface area contributed by atoms with Gasteiger partial charge in [-0.25, -0.2) is 15.0 Å². The zero-order valence-electron chi connectivity index (χ0n) is 14.9.